The van der Waals surface area contributed by atoms with Crippen LogP contribution in [0, 0.1) is 18.5 Å². The molecule has 11 aromatic carbocycles. The molecule has 4 heterocycles. The van der Waals surface area contributed by atoms with Crippen molar-refractivity contribution in [3.63, 3.8) is 0 Å². The predicted octanol–water partition coefficient (Wildman–Crippen LogP) is 21.5. The van der Waals surface area contributed by atoms with Crippen LogP contribution in [0.5, 0.6) is 11.5 Å². The number of hydrogen-bond donors (Lipinski definition) is 0. The van der Waals surface area contributed by atoms with Crippen LogP contribution < -0.4 is 9.30 Å². The van der Waals surface area contributed by atoms with E-state index in [4.69, 9.17) is 15.2 Å². The average molecular weight is 1410 g/mol. The number of pyridine rings is 1. The number of hydrogen-bond acceptors (Lipinski definition) is 2. The third-order valence-corrected chi connectivity index (χ3v) is 19.9. The fraction of sp³-hybridized carbons (Fsp3) is 0.182. The smallest absolute Gasteiger partial charge is 0.268 e. The fourth-order valence-corrected chi connectivity index (χ4v) is 15.0. The first-order valence-corrected chi connectivity index (χ1v) is 31.6. The zero-order chi connectivity index (χ0) is 75.8. The van der Waals surface area contributed by atoms with Crippen molar-refractivity contribution in [3.8, 4) is 84.3 Å². The summed E-state index contributed by atoms with van der Waals surface area (Å²) in [6.45, 7) is 20.9. The maximum atomic E-state index is 10.9. The number of aromatic nitrogens is 4. The molecule has 0 N–H and O–H groups in total. The first-order valence-electron chi connectivity index (χ1n) is 38.6. The molecule has 0 amide bonds. The van der Waals surface area contributed by atoms with Gasteiger partial charge in [-0.3, -0.25) is 4.57 Å². The molecule has 0 fully saturated rings. The van der Waals surface area contributed by atoms with Crippen LogP contribution in [0.2, 0.25) is 0 Å². The van der Waals surface area contributed by atoms with E-state index in [0.717, 1.165) is 55.4 Å². The second-order valence-electron chi connectivity index (χ2n) is 28.0. The van der Waals surface area contributed by atoms with E-state index in [1.165, 1.54) is 0 Å². The zero-order valence-corrected chi connectivity index (χ0v) is 56.2. The van der Waals surface area contributed by atoms with Crippen molar-refractivity contribution in [1.29, 1.82) is 0 Å². The van der Waals surface area contributed by atoms with Crippen LogP contribution >= 0.6 is 0 Å². The summed E-state index contributed by atoms with van der Waals surface area (Å²) < 4.78 is 150. The van der Waals surface area contributed by atoms with E-state index >= 15 is 0 Å². The molecule has 17 rings (SSSR count). The van der Waals surface area contributed by atoms with Crippen molar-refractivity contribution in [1.82, 2.24) is 14.1 Å². The minimum atomic E-state index is -1.37. The Morgan fingerprint density at radius 2 is 0.979 bits per heavy atom. The minimum absolute atomic E-state index is 0. The Labute approximate surface area is 586 Å². The second-order valence-corrected chi connectivity index (χ2v) is 28.0. The summed E-state index contributed by atoms with van der Waals surface area (Å²) in [7, 11) is 0. The molecular weight excluding hydrogens is 1320 g/mol. The van der Waals surface area contributed by atoms with Crippen LogP contribution in [0.1, 0.15) is 145 Å². The Morgan fingerprint density at radius 1 is 0.468 bits per heavy atom. The van der Waals surface area contributed by atoms with Crippen molar-refractivity contribution >= 4 is 32.8 Å². The van der Waals surface area contributed by atoms with Gasteiger partial charge in [-0.05, 0) is 141 Å². The number of para-hydroxylation sites is 2. The fourth-order valence-electron chi connectivity index (χ4n) is 15.0. The van der Waals surface area contributed by atoms with E-state index in [-0.39, 0.29) is 137 Å². The standard InChI is InChI=1S/C88H72N4O.Pt/c1-84(2,3)56-46-47-89-80(50-56)92-77-36-21-16-29-65(77)66-41-40-59(52-79(66)92)93-58-25-22-24-57(51-58)90-53-91-82-68(31-23-37-78(82)90)64-28-13-12-26-62(64)63-27-14-15-30-67(63)81-60(54-38-44-73-75(48-54)87(8,9)71-34-19-17-32-69(71)85(73,4)5)42-43-61(83(81)91)55-39-45-74-76(49-55)88(10,11)72-35-20-18-33-70(72)86(74,6)7;/h12-50H,1-11H3;/q-2;/i17D,18D,19D,20D,32D,33D,34D,35D,38D,39D,44D,45D,48D,49D;. The Morgan fingerprint density at radius 3 is 1.62 bits per heavy atom. The maximum absolute atomic E-state index is 10.9. The molecule has 94 heavy (non-hydrogen) atoms. The minimum Gasteiger partial charge on any atom is -0.510 e. The summed E-state index contributed by atoms with van der Waals surface area (Å²) >= 11 is 0. The van der Waals surface area contributed by atoms with Gasteiger partial charge in [0.05, 0.1) is 35.9 Å². The van der Waals surface area contributed by atoms with Gasteiger partial charge in [-0.25, -0.2) is 4.98 Å². The van der Waals surface area contributed by atoms with Gasteiger partial charge in [0.25, 0.3) is 6.33 Å². The maximum Gasteiger partial charge on any atom is 0.268 e. The molecule has 2 aliphatic carbocycles. The Kier molecular flexibility index (Phi) is 10.3. The summed E-state index contributed by atoms with van der Waals surface area (Å²) in [5, 5.41) is 1.99. The Bertz CT molecular complexity index is 6360. The second kappa shape index (κ2) is 21.2. The van der Waals surface area contributed by atoms with Crippen molar-refractivity contribution in [3.05, 3.63) is 305 Å². The van der Waals surface area contributed by atoms with E-state index in [1.54, 1.807) is 53.7 Å². The van der Waals surface area contributed by atoms with Crippen molar-refractivity contribution in [2.24, 2.45) is 0 Å². The largest absolute Gasteiger partial charge is 0.510 e. The molecule has 3 aromatic heterocycles. The van der Waals surface area contributed by atoms with Gasteiger partial charge < -0.3 is 13.9 Å². The normalized spacial score (nSPS) is 17.1. The van der Waals surface area contributed by atoms with E-state index in [9.17, 15) is 13.7 Å². The summed E-state index contributed by atoms with van der Waals surface area (Å²) in [4.78, 5) is 4.90. The number of rotatable bonds is 6. The molecular formula is C88H72N4OPt-2. The van der Waals surface area contributed by atoms with Crippen LogP contribution in [0.15, 0.2) is 236 Å². The van der Waals surface area contributed by atoms with Crippen LogP contribution in [-0.2, 0) is 48.1 Å². The zero-order valence-electron chi connectivity index (χ0n) is 67.9. The van der Waals surface area contributed by atoms with Crippen molar-refractivity contribution in [2.75, 3.05) is 0 Å². The van der Waals surface area contributed by atoms with Crippen LogP contribution in [0.25, 0.3) is 106 Å². The number of ether oxygens (including phenoxy) is 1. The molecule has 0 saturated heterocycles. The molecule has 5 nitrogen and oxygen atoms in total. The van der Waals surface area contributed by atoms with Gasteiger partial charge in [0.1, 0.15) is 5.82 Å². The van der Waals surface area contributed by atoms with Gasteiger partial charge in [0.15, 0.2) is 0 Å². The topological polar surface area (TPSA) is 35.9 Å². The number of nitrogens with zero attached hydrogens (tertiary/aromatic N) is 4. The molecule has 3 aliphatic rings. The molecule has 0 unspecified atom stereocenters. The molecule has 6 heteroatoms. The predicted molar refractivity (Wildman–Crippen MR) is 381 cm³/mol. The molecule has 14 aromatic rings. The van der Waals surface area contributed by atoms with E-state index < -0.39 is 45.8 Å². The van der Waals surface area contributed by atoms with E-state index in [0.29, 0.717) is 61.7 Å². The molecule has 0 bridgehead atoms. The number of benzene rings is 11. The molecule has 0 radical (unpaired) electrons. The Hall–Kier alpha value is -9.67. The van der Waals surface area contributed by atoms with Crippen LogP contribution in [0.4, 0.5) is 0 Å². The first kappa shape index (κ1) is 45.6. The van der Waals surface area contributed by atoms with Gasteiger partial charge >= 0.3 is 0 Å². The molecule has 0 saturated carbocycles. The number of fused-ring (bicyclic) bond motifs is 14. The summed E-state index contributed by atoms with van der Waals surface area (Å²) in [5.74, 6) is 1.49. The molecule has 462 valence electrons. The SMILES string of the molecule is [2H]c1c([2H])c([2H])c2c(c1[2H])C(C)(C)c1c([2H])c([2H])c(-c3ccc(-c4c([2H])c([2H])c5c(c4[2H])C(C)(C)c4c([2H])c([2H])c([2H])c([2H])c4C5(C)C)c4c3-c3ccccc3-c3ccccc3-c3cccc5c3[n+]-4[c-]n5-c3[c-]c(Oc4[c-]c5c(cc4)c4ccccc4n5-c4cc(C(C)(C)C)ccn4)ccc3)c([2H])c1C2(C)C.[Pt]. The first-order chi connectivity index (χ1) is 50.6. The monoisotopic (exact) mass is 1410 g/mol. The third-order valence-electron chi connectivity index (χ3n) is 19.9. The summed E-state index contributed by atoms with van der Waals surface area (Å²) in [6.07, 6.45) is 5.66. The average Bonchev–Trinajstić information content (AvgIpc) is 0.892. The van der Waals surface area contributed by atoms with Gasteiger partial charge in [-0.2, -0.15) is 18.2 Å². The molecule has 1 aliphatic heterocycles. The van der Waals surface area contributed by atoms with Gasteiger partial charge in [-0.15, -0.1) is 29.7 Å². The van der Waals surface area contributed by atoms with E-state index in [1.807, 2.05) is 138 Å². The van der Waals surface area contributed by atoms with E-state index in [2.05, 4.69) is 68.1 Å². The molecule has 0 spiro atoms. The summed E-state index contributed by atoms with van der Waals surface area (Å²) in [6, 6.07) is 50.2. The van der Waals surface area contributed by atoms with Gasteiger partial charge in [0, 0.05) is 71.5 Å². The summed E-state index contributed by atoms with van der Waals surface area (Å²) in [5.41, 5.74) is 6.35. The number of imidazole rings is 1. The van der Waals surface area contributed by atoms with Crippen molar-refractivity contribution < 1.29 is 49.6 Å². The Balaban J connectivity index is 0.00000890. The van der Waals surface area contributed by atoms with Crippen LogP contribution in [-0.4, -0.2) is 14.1 Å². The van der Waals surface area contributed by atoms with Crippen molar-refractivity contribution in [2.45, 2.75) is 103 Å². The third kappa shape index (κ3) is 8.76. The van der Waals surface area contributed by atoms with Gasteiger partial charge in [-0.1, -0.05) is 257 Å². The molecule has 0 atom stereocenters. The van der Waals surface area contributed by atoms with Crippen LogP contribution in [0.3, 0.4) is 0 Å². The van der Waals surface area contributed by atoms with Gasteiger partial charge in [0.2, 0.25) is 0 Å². The quantitative estimate of drug-likeness (QED) is 0.123.